The van der Waals surface area contributed by atoms with Gasteiger partial charge in [0, 0.05) is 6.17 Å². The standard InChI is InChI=1S/C20H34N3O3Si/c1-5-9-11-15-27(16-12-10-6-2)17-23-19(25)21(13-7-3)18(24)22(14-8-4)20(23)26/h7-8H,3-6,9-17H2,1-2H3. The van der Waals surface area contributed by atoms with Crippen LogP contribution in [-0.2, 0) is 19.3 Å². The largest absolute Gasteiger partial charge is 0.336 e. The van der Waals surface area contributed by atoms with E-state index in [9.17, 15) is 14.4 Å². The lowest BCUT2D eigenvalue weighted by atomic mass is 10.3. The summed E-state index contributed by atoms with van der Waals surface area (Å²) in [6, 6.07) is 2.19. The Balaban J connectivity index is 3.27. The van der Waals surface area contributed by atoms with Crippen molar-refractivity contribution in [3.05, 3.63) is 56.8 Å². The molecule has 27 heavy (non-hydrogen) atoms. The maximum Gasteiger partial charge on any atom is 0.336 e. The molecule has 0 saturated heterocycles. The molecule has 0 aliphatic heterocycles. The maximum absolute atomic E-state index is 12.8. The summed E-state index contributed by atoms with van der Waals surface area (Å²) in [5.74, 6) is 0. The average Bonchev–Trinajstić information content (AvgIpc) is 2.65. The molecule has 0 aromatic carbocycles. The molecule has 1 rings (SSSR count). The molecule has 6 nitrogen and oxygen atoms in total. The molecule has 0 bridgehead atoms. The van der Waals surface area contributed by atoms with Gasteiger partial charge < -0.3 is 0 Å². The SMILES string of the molecule is C=CCn1c(=O)n(CC=C)c(=O)n(C[Si](CCCCC)CCCCC)c1=O. The Hall–Kier alpha value is -1.89. The number of aromatic nitrogens is 3. The van der Waals surface area contributed by atoms with E-state index in [0.29, 0.717) is 6.17 Å². The number of allylic oxidation sites excluding steroid dienone is 2. The predicted octanol–water partition coefficient (Wildman–Crippen LogP) is 2.96. The Morgan fingerprint density at radius 3 is 1.52 bits per heavy atom. The van der Waals surface area contributed by atoms with Gasteiger partial charge in [-0.15, -0.1) is 13.2 Å². The fraction of sp³-hybridized carbons (Fsp3) is 0.650. The Labute approximate surface area is 163 Å². The summed E-state index contributed by atoms with van der Waals surface area (Å²) in [7, 11) is -0.878. The van der Waals surface area contributed by atoms with Gasteiger partial charge in [-0.05, 0) is 0 Å². The van der Waals surface area contributed by atoms with Gasteiger partial charge in [-0.25, -0.2) is 28.1 Å². The second kappa shape index (κ2) is 12.5. The lowest BCUT2D eigenvalue weighted by Gasteiger charge is -2.18. The van der Waals surface area contributed by atoms with Crippen LogP contribution < -0.4 is 17.1 Å². The van der Waals surface area contributed by atoms with E-state index in [1.54, 1.807) is 0 Å². The van der Waals surface area contributed by atoms with Crippen molar-refractivity contribution < 1.29 is 0 Å². The second-order valence-corrected chi connectivity index (χ2v) is 9.71. The van der Waals surface area contributed by atoms with Gasteiger partial charge in [0.25, 0.3) is 0 Å². The molecule has 0 unspecified atom stereocenters. The van der Waals surface area contributed by atoms with E-state index >= 15 is 0 Å². The lowest BCUT2D eigenvalue weighted by Crippen LogP contribution is -2.55. The number of hydrogen-bond donors (Lipinski definition) is 0. The van der Waals surface area contributed by atoms with Gasteiger partial charge in [-0.1, -0.05) is 76.6 Å². The predicted molar refractivity (Wildman–Crippen MR) is 114 cm³/mol. The van der Waals surface area contributed by atoms with Gasteiger partial charge in [0.2, 0.25) is 0 Å². The Kier molecular flexibility index (Phi) is 10.7. The van der Waals surface area contributed by atoms with Crippen LogP contribution >= 0.6 is 0 Å². The highest BCUT2D eigenvalue weighted by atomic mass is 28.3. The van der Waals surface area contributed by atoms with E-state index in [0.717, 1.165) is 46.9 Å². The summed E-state index contributed by atoms with van der Waals surface area (Å²) < 4.78 is 3.46. The fourth-order valence-corrected chi connectivity index (χ4v) is 5.93. The fourth-order valence-electron chi connectivity index (χ4n) is 3.15. The summed E-state index contributed by atoms with van der Waals surface area (Å²) >= 11 is 0. The van der Waals surface area contributed by atoms with E-state index in [1.165, 1.54) is 29.6 Å². The van der Waals surface area contributed by atoms with Gasteiger partial charge in [-0.3, -0.25) is 0 Å². The quantitative estimate of drug-likeness (QED) is 0.278. The van der Waals surface area contributed by atoms with Crippen LogP contribution in [0.15, 0.2) is 39.7 Å². The van der Waals surface area contributed by atoms with Crippen LogP contribution in [0.3, 0.4) is 0 Å². The molecule has 0 aliphatic rings. The number of nitrogens with zero attached hydrogens (tertiary/aromatic N) is 3. The zero-order valence-electron chi connectivity index (χ0n) is 16.9. The minimum atomic E-state index is -0.878. The van der Waals surface area contributed by atoms with Crippen molar-refractivity contribution >= 4 is 8.80 Å². The summed E-state index contributed by atoms with van der Waals surface area (Å²) in [4.78, 5) is 38.1. The average molecular weight is 393 g/mol. The molecule has 0 spiro atoms. The third-order valence-electron chi connectivity index (χ3n) is 4.66. The molecule has 1 aromatic rings. The van der Waals surface area contributed by atoms with Crippen LogP contribution in [0, 0.1) is 0 Å². The molecular weight excluding hydrogens is 358 g/mol. The lowest BCUT2D eigenvalue weighted by molar-refractivity contribution is 0.507. The van der Waals surface area contributed by atoms with Crippen molar-refractivity contribution in [2.45, 2.75) is 83.7 Å². The zero-order chi connectivity index (χ0) is 20.2. The van der Waals surface area contributed by atoms with E-state index in [4.69, 9.17) is 0 Å². The normalized spacial score (nSPS) is 11.1. The number of rotatable bonds is 14. The van der Waals surface area contributed by atoms with Crippen LogP contribution in [0.1, 0.15) is 52.4 Å². The van der Waals surface area contributed by atoms with Gasteiger partial charge >= 0.3 is 17.1 Å². The highest BCUT2D eigenvalue weighted by molar-refractivity contribution is 6.57. The second-order valence-electron chi connectivity index (χ2n) is 6.90. The molecule has 7 heteroatoms. The van der Waals surface area contributed by atoms with Crippen LogP contribution in [0.5, 0.6) is 0 Å². The first-order valence-electron chi connectivity index (χ1n) is 10.0. The van der Waals surface area contributed by atoms with Crippen molar-refractivity contribution in [1.82, 2.24) is 13.7 Å². The van der Waals surface area contributed by atoms with Crippen molar-refractivity contribution in [2.75, 3.05) is 0 Å². The monoisotopic (exact) mass is 392 g/mol. The summed E-state index contributed by atoms with van der Waals surface area (Å²) in [6.45, 7) is 11.8. The van der Waals surface area contributed by atoms with E-state index < -0.39 is 25.9 Å². The van der Waals surface area contributed by atoms with Crippen LogP contribution in [0.2, 0.25) is 12.1 Å². The molecule has 1 heterocycles. The summed E-state index contributed by atoms with van der Waals surface area (Å²) in [5, 5.41) is 0. The molecule has 0 fully saturated rings. The highest BCUT2D eigenvalue weighted by Gasteiger charge is 2.19. The van der Waals surface area contributed by atoms with Gasteiger partial charge in [0.1, 0.15) is 0 Å². The molecular formula is C20H34N3O3Si. The Morgan fingerprint density at radius 1 is 0.741 bits per heavy atom. The first-order valence-corrected chi connectivity index (χ1v) is 12.1. The van der Waals surface area contributed by atoms with Crippen LogP contribution in [0.4, 0.5) is 0 Å². The van der Waals surface area contributed by atoms with Crippen molar-refractivity contribution in [2.24, 2.45) is 0 Å². The number of hydrogen-bond acceptors (Lipinski definition) is 3. The molecule has 0 aliphatic carbocycles. The number of unbranched alkanes of at least 4 members (excludes halogenated alkanes) is 4. The van der Waals surface area contributed by atoms with Gasteiger partial charge in [-0.2, -0.15) is 0 Å². The third-order valence-corrected chi connectivity index (χ3v) is 7.54. The van der Waals surface area contributed by atoms with Crippen molar-refractivity contribution in [1.29, 1.82) is 0 Å². The van der Waals surface area contributed by atoms with Crippen LogP contribution in [0.25, 0.3) is 0 Å². The molecule has 1 aromatic heterocycles. The molecule has 0 amide bonds. The molecule has 151 valence electrons. The summed E-state index contributed by atoms with van der Waals surface area (Å²) in [5.41, 5.74) is -1.62. The van der Waals surface area contributed by atoms with E-state index in [2.05, 4.69) is 27.0 Å². The van der Waals surface area contributed by atoms with Crippen molar-refractivity contribution in [3.8, 4) is 0 Å². The Bertz CT molecular complexity index is 718. The van der Waals surface area contributed by atoms with E-state index in [-0.39, 0.29) is 13.1 Å². The third kappa shape index (κ3) is 6.64. The first kappa shape index (κ1) is 23.1. The summed E-state index contributed by atoms with van der Waals surface area (Å²) in [6.07, 6.45) is 10.4. The molecule has 0 atom stereocenters. The smallest absolute Gasteiger partial charge is 0.248 e. The maximum atomic E-state index is 12.8. The minimum Gasteiger partial charge on any atom is -0.248 e. The van der Waals surface area contributed by atoms with E-state index in [1.807, 2.05) is 0 Å². The Morgan fingerprint density at radius 2 is 1.15 bits per heavy atom. The van der Waals surface area contributed by atoms with Gasteiger partial charge in [0.05, 0.1) is 21.9 Å². The minimum absolute atomic E-state index is 0.100. The highest BCUT2D eigenvalue weighted by Crippen LogP contribution is 2.13. The molecule has 0 N–H and O–H groups in total. The van der Waals surface area contributed by atoms with Gasteiger partial charge in [0.15, 0.2) is 0 Å². The topological polar surface area (TPSA) is 66.0 Å². The zero-order valence-corrected chi connectivity index (χ0v) is 17.9. The first-order chi connectivity index (χ1) is 13.0. The van der Waals surface area contributed by atoms with Crippen LogP contribution in [-0.4, -0.2) is 22.5 Å². The molecule has 0 saturated carbocycles. The van der Waals surface area contributed by atoms with Crippen molar-refractivity contribution in [3.63, 3.8) is 0 Å². The molecule has 1 radical (unpaired) electrons.